The Morgan fingerprint density at radius 3 is 2.76 bits per heavy atom. The topological polar surface area (TPSA) is 61.6 Å². The van der Waals surface area contributed by atoms with Crippen molar-refractivity contribution in [3.8, 4) is 11.5 Å². The Hall–Kier alpha value is -1.55. The van der Waals surface area contributed by atoms with Crippen molar-refractivity contribution in [1.82, 2.24) is 0 Å². The van der Waals surface area contributed by atoms with E-state index in [1.54, 1.807) is 6.92 Å². The van der Waals surface area contributed by atoms with Crippen molar-refractivity contribution < 1.29 is 14.3 Å². The van der Waals surface area contributed by atoms with Crippen LogP contribution in [0.2, 0.25) is 0 Å². The van der Waals surface area contributed by atoms with E-state index in [1.807, 2.05) is 18.2 Å². The Kier molecular flexibility index (Phi) is 3.64. The summed E-state index contributed by atoms with van der Waals surface area (Å²) in [5, 5.41) is 0. The predicted octanol–water partition coefficient (Wildman–Crippen LogP) is 1.83. The molecule has 92 valence electrons. The molecule has 0 saturated heterocycles. The maximum atomic E-state index is 11.0. The van der Waals surface area contributed by atoms with Gasteiger partial charge in [-0.3, -0.25) is 4.79 Å². The zero-order chi connectivity index (χ0) is 12.3. The van der Waals surface area contributed by atoms with Crippen LogP contribution in [0.5, 0.6) is 11.5 Å². The zero-order valence-corrected chi connectivity index (χ0v) is 9.94. The van der Waals surface area contributed by atoms with Crippen LogP contribution in [-0.4, -0.2) is 19.0 Å². The summed E-state index contributed by atoms with van der Waals surface area (Å²) in [6.45, 7) is 2.87. The van der Waals surface area contributed by atoms with Gasteiger partial charge in [0.15, 0.2) is 11.5 Å². The van der Waals surface area contributed by atoms with Gasteiger partial charge in [-0.25, -0.2) is 0 Å². The van der Waals surface area contributed by atoms with Gasteiger partial charge in [0.1, 0.15) is 5.78 Å². The van der Waals surface area contributed by atoms with Crippen LogP contribution in [0.1, 0.15) is 31.4 Å². The van der Waals surface area contributed by atoms with Crippen molar-refractivity contribution in [1.29, 1.82) is 0 Å². The molecule has 4 nitrogen and oxygen atoms in total. The van der Waals surface area contributed by atoms with Crippen molar-refractivity contribution in [3.05, 3.63) is 23.8 Å². The number of hydrogen-bond acceptors (Lipinski definition) is 4. The van der Waals surface area contributed by atoms with Crippen LogP contribution in [0, 0.1) is 0 Å². The molecule has 0 amide bonds. The predicted molar refractivity (Wildman–Crippen MR) is 64.3 cm³/mol. The molecule has 1 heterocycles. The van der Waals surface area contributed by atoms with Crippen LogP contribution in [0.4, 0.5) is 0 Å². The molecule has 0 bridgehead atoms. The Labute approximate surface area is 101 Å². The Balaban J connectivity index is 2.20. The lowest BCUT2D eigenvalue weighted by Gasteiger charge is -2.13. The van der Waals surface area contributed by atoms with E-state index in [2.05, 4.69) is 0 Å². The molecule has 0 aliphatic carbocycles. The maximum Gasteiger partial charge on any atom is 0.161 e. The molecule has 1 aromatic carbocycles. The van der Waals surface area contributed by atoms with Crippen LogP contribution in [0.25, 0.3) is 0 Å². The van der Waals surface area contributed by atoms with Gasteiger partial charge < -0.3 is 15.2 Å². The van der Waals surface area contributed by atoms with Crippen molar-refractivity contribution in [2.45, 2.75) is 25.8 Å². The van der Waals surface area contributed by atoms with E-state index in [1.165, 1.54) is 0 Å². The fourth-order valence-corrected chi connectivity index (χ4v) is 1.84. The normalized spacial score (nSPS) is 16.1. The van der Waals surface area contributed by atoms with Gasteiger partial charge in [-0.05, 0) is 24.6 Å². The van der Waals surface area contributed by atoms with Gasteiger partial charge >= 0.3 is 0 Å². The average molecular weight is 235 g/mol. The first kappa shape index (κ1) is 11.9. The summed E-state index contributed by atoms with van der Waals surface area (Å²) < 4.78 is 11.1. The van der Waals surface area contributed by atoms with Crippen LogP contribution >= 0.6 is 0 Å². The summed E-state index contributed by atoms with van der Waals surface area (Å²) in [4.78, 5) is 11.0. The second-order valence-corrected chi connectivity index (χ2v) is 4.27. The molecule has 0 radical (unpaired) electrons. The van der Waals surface area contributed by atoms with Crippen molar-refractivity contribution >= 4 is 5.78 Å². The summed E-state index contributed by atoms with van der Waals surface area (Å²) in [6.07, 6.45) is 1.23. The molecule has 1 aliphatic heterocycles. The minimum absolute atomic E-state index is 0.0876. The molecule has 4 heteroatoms. The molecule has 17 heavy (non-hydrogen) atoms. The quantitative estimate of drug-likeness (QED) is 0.868. The van der Waals surface area contributed by atoms with Gasteiger partial charge in [0.25, 0.3) is 0 Å². The van der Waals surface area contributed by atoms with Crippen molar-refractivity contribution in [2.24, 2.45) is 5.73 Å². The smallest absolute Gasteiger partial charge is 0.161 e. The van der Waals surface area contributed by atoms with Crippen LogP contribution in [0.15, 0.2) is 18.2 Å². The molecule has 0 aromatic heterocycles. The number of hydrogen-bond donors (Lipinski definition) is 1. The van der Waals surface area contributed by atoms with E-state index < -0.39 is 0 Å². The van der Waals surface area contributed by atoms with E-state index in [-0.39, 0.29) is 11.8 Å². The molecule has 2 N–H and O–H groups in total. The van der Waals surface area contributed by atoms with Crippen molar-refractivity contribution in [3.63, 3.8) is 0 Å². The fraction of sp³-hybridized carbons (Fsp3) is 0.462. The highest BCUT2D eigenvalue weighted by atomic mass is 16.5. The summed E-state index contributed by atoms with van der Waals surface area (Å²) in [5.74, 6) is 1.56. The van der Waals surface area contributed by atoms with E-state index >= 15 is 0 Å². The third-order valence-corrected chi connectivity index (χ3v) is 2.71. The number of benzene rings is 1. The zero-order valence-electron chi connectivity index (χ0n) is 9.94. The lowest BCUT2D eigenvalue weighted by atomic mass is 10.0. The number of fused-ring (bicyclic) bond motifs is 1. The summed E-state index contributed by atoms with van der Waals surface area (Å²) in [7, 11) is 0. The molecule has 1 aliphatic rings. The lowest BCUT2D eigenvalue weighted by molar-refractivity contribution is -0.117. The largest absolute Gasteiger partial charge is 0.490 e. The van der Waals surface area contributed by atoms with E-state index in [4.69, 9.17) is 15.2 Å². The number of nitrogens with two attached hydrogens (primary N) is 1. The first-order valence-corrected chi connectivity index (χ1v) is 5.81. The highest BCUT2D eigenvalue weighted by Crippen LogP contribution is 2.32. The molecule has 1 aromatic rings. The molecule has 0 saturated carbocycles. The summed E-state index contributed by atoms with van der Waals surface area (Å²) in [6, 6.07) is 5.34. The summed E-state index contributed by atoms with van der Waals surface area (Å²) in [5.41, 5.74) is 6.86. The number of ether oxygens (including phenoxy) is 2. The molecule has 0 fully saturated rings. The number of carbonyl (C=O) groups is 1. The first-order valence-electron chi connectivity index (χ1n) is 5.81. The molecular formula is C13H17NO3. The SMILES string of the molecule is CC(=O)CC(N)c1ccc2c(c1)OCCCO2. The van der Waals surface area contributed by atoms with Gasteiger partial charge in [-0.2, -0.15) is 0 Å². The third kappa shape index (κ3) is 2.97. The van der Waals surface area contributed by atoms with E-state index in [0.717, 1.165) is 23.5 Å². The standard InChI is InChI=1S/C13H17NO3/c1-9(15)7-11(14)10-3-4-12-13(8-10)17-6-2-5-16-12/h3-4,8,11H,2,5-7,14H2,1H3. The van der Waals surface area contributed by atoms with Crippen LogP contribution in [-0.2, 0) is 4.79 Å². The Morgan fingerprint density at radius 1 is 1.35 bits per heavy atom. The highest BCUT2D eigenvalue weighted by molar-refractivity contribution is 5.76. The lowest BCUT2D eigenvalue weighted by Crippen LogP contribution is -2.13. The number of carbonyl (C=O) groups excluding carboxylic acids is 1. The second kappa shape index (κ2) is 5.19. The molecular weight excluding hydrogens is 218 g/mol. The highest BCUT2D eigenvalue weighted by Gasteiger charge is 2.14. The van der Waals surface area contributed by atoms with Gasteiger partial charge in [-0.15, -0.1) is 0 Å². The average Bonchev–Trinajstić information content (AvgIpc) is 2.51. The van der Waals surface area contributed by atoms with Gasteiger partial charge in [0.2, 0.25) is 0 Å². The van der Waals surface area contributed by atoms with Crippen LogP contribution in [0.3, 0.4) is 0 Å². The maximum absolute atomic E-state index is 11.0. The Morgan fingerprint density at radius 2 is 2.06 bits per heavy atom. The van der Waals surface area contributed by atoms with Gasteiger partial charge in [0, 0.05) is 18.9 Å². The molecule has 2 rings (SSSR count). The van der Waals surface area contributed by atoms with Crippen molar-refractivity contribution in [2.75, 3.05) is 13.2 Å². The van der Waals surface area contributed by atoms with Crippen LogP contribution < -0.4 is 15.2 Å². The van der Waals surface area contributed by atoms with E-state index in [9.17, 15) is 4.79 Å². The van der Waals surface area contributed by atoms with E-state index in [0.29, 0.717) is 19.6 Å². The Bertz CT molecular complexity index is 417. The number of ketones is 1. The number of Topliss-reactive ketones (excluding diaryl/α,β-unsaturated/α-hetero) is 1. The number of rotatable bonds is 3. The molecule has 0 spiro atoms. The molecule has 1 unspecified atom stereocenters. The van der Waals surface area contributed by atoms with Gasteiger partial charge in [-0.1, -0.05) is 6.07 Å². The minimum atomic E-state index is -0.273. The monoisotopic (exact) mass is 235 g/mol. The van der Waals surface area contributed by atoms with Gasteiger partial charge in [0.05, 0.1) is 13.2 Å². The third-order valence-electron chi connectivity index (χ3n) is 2.71. The first-order chi connectivity index (χ1) is 8.16. The molecule has 1 atom stereocenters. The fourth-order valence-electron chi connectivity index (χ4n) is 1.84. The summed E-state index contributed by atoms with van der Waals surface area (Å²) >= 11 is 0. The minimum Gasteiger partial charge on any atom is -0.490 e. The second-order valence-electron chi connectivity index (χ2n) is 4.27.